The second kappa shape index (κ2) is 10.2. The Morgan fingerprint density at radius 3 is 2.06 bits per heavy atom. The van der Waals surface area contributed by atoms with E-state index < -0.39 is 20.0 Å². The van der Waals surface area contributed by atoms with Gasteiger partial charge >= 0.3 is 0 Å². The maximum atomic E-state index is 12.5. The van der Waals surface area contributed by atoms with Gasteiger partial charge in [-0.3, -0.25) is 9.52 Å². The molecule has 0 atom stereocenters. The van der Waals surface area contributed by atoms with Gasteiger partial charge in [-0.1, -0.05) is 30.3 Å². The zero-order valence-corrected chi connectivity index (χ0v) is 19.8. The van der Waals surface area contributed by atoms with E-state index in [4.69, 9.17) is 0 Å². The minimum absolute atomic E-state index is 0.123. The van der Waals surface area contributed by atoms with E-state index in [0.717, 1.165) is 0 Å². The molecule has 8 nitrogen and oxygen atoms in total. The zero-order chi connectivity index (χ0) is 24.1. The number of hydrogen-bond donors (Lipinski definition) is 3. The molecule has 0 heterocycles. The van der Waals surface area contributed by atoms with Crippen LogP contribution in [0.4, 0.5) is 5.69 Å². The largest absolute Gasteiger partial charge is 0.348 e. The standard InChI is InChI=1S/C23H25N3O5S2/c1-17(2)25-33(30,31)22-10-6-7-18(15-22)16-24-23(27)19-11-13-20(14-12-19)26-32(28,29)21-8-4-3-5-9-21/h3-15,17,25-26H,16H2,1-2H3,(H,24,27). The van der Waals surface area contributed by atoms with Gasteiger partial charge in [0, 0.05) is 23.8 Å². The third-order valence-electron chi connectivity index (χ3n) is 4.51. The van der Waals surface area contributed by atoms with Gasteiger partial charge in [0.1, 0.15) is 0 Å². The van der Waals surface area contributed by atoms with Crippen LogP contribution in [-0.4, -0.2) is 28.8 Å². The summed E-state index contributed by atoms with van der Waals surface area (Å²) < 4.78 is 54.4. The molecule has 0 radical (unpaired) electrons. The Balaban J connectivity index is 1.63. The van der Waals surface area contributed by atoms with Crippen molar-refractivity contribution in [2.75, 3.05) is 4.72 Å². The van der Waals surface area contributed by atoms with Crippen molar-refractivity contribution in [3.8, 4) is 0 Å². The summed E-state index contributed by atoms with van der Waals surface area (Å²) in [5.41, 5.74) is 1.29. The molecule has 3 rings (SSSR count). The van der Waals surface area contributed by atoms with Crippen molar-refractivity contribution in [1.29, 1.82) is 0 Å². The fourth-order valence-corrected chi connectivity index (χ4v) is 5.39. The van der Waals surface area contributed by atoms with Crippen LogP contribution in [0, 0.1) is 0 Å². The minimum atomic E-state index is -3.72. The molecule has 0 aliphatic heterocycles. The normalized spacial score (nSPS) is 11.8. The highest BCUT2D eigenvalue weighted by Gasteiger charge is 2.16. The molecular formula is C23H25N3O5S2. The van der Waals surface area contributed by atoms with Gasteiger partial charge in [0.25, 0.3) is 15.9 Å². The second-order valence-electron chi connectivity index (χ2n) is 7.60. The molecule has 0 spiro atoms. The zero-order valence-electron chi connectivity index (χ0n) is 18.1. The molecule has 0 aromatic heterocycles. The predicted molar refractivity (Wildman–Crippen MR) is 127 cm³/mol. The van der Waals surface area contributed by atoms with Crippen molar-refractivity contribution in [3.63, 3.8) is 0 Å². The minimum Gasteiger partial charge on any atom is -0.348 e. The van der Waals surface area contributed by atoms with Crippen LogP contribution in [0.3, 0.4) is 0 Å². The van der Waals surface area contributed by atoms with Crippen LogP contribution in [-0.2, 0) is 26.6 Å². The Morgan fingerprint density at radius 1 is 0.788 bits per heavy atom. The van der Waals surface area contributed by atoms with Crippen LogP contribution in [0.15, 0.2) is 88.7 Å². The van der Waals surface area contributed by atoms with Crippen molar-refractivity contribution < 1.29 is 21.6 Å². The summed E-state index contributed by atoms with van der Waals surface area (Å²) >= 11 is 0. The molecule has 3 aromatic carbocycles. The summed E-state index contributed by atoms with van der Waals surface area (Å²) in [5, 5.41) is 2.74. The van der Waals surface area contributed by atoms with Gasteiger partial charge in [-0.05, 0) is 67.9 Å². The van der Waals surface area contributed by atoms with Crippen molar-refractivity contribution >= 4 is 31.6 Å². The number of rotatable bonds is 9. The van der Waals surface area contributed by atoms with Gasteiger partial charge in [-0.2, -0.15) is 0 Å². The first-order valence-corrected chi connectivity index (χ1v) is 13.1. The number of hydrogen-bond acceptors (Lipinski definition) is 5. The third kappa shape index (κ3) is 6.64. The monoisotopic (exact) mass is 487 g/mol. The Bertz CT molecular complexity index is 1320. The van der Waals surface area contributed by atoms with Crippen molar-refractivity contribution in [3.05, 3.63) is 90.0 Å². The highest BCUT2D eigenvalue weighted by atomic mass is 32.2. The molecule has 33 heavy (non-hydrogen) atoms. The molecule has 0 aliphatic carbocycles. The Morgan fingerprint density at radius 2 is 1.42 bits per heavy atom. The quantitative estimate of drug-likeness (QED) is 0.428. The Labute approximate surface area is 194 Å². The van der Waals surface area contributed by atoms with Crippen LogP contribution in [0.5, 0.6) is 0 Å². The maximum absolute atomic E-state index is 12.5. The fourth-order valence-electron chi connectivity index (χ4n) is 2.99. The number of carbonyl (C=O) groups is 1. The average Bonchev–Trinajstić information content (AvgIpc) is 2.78. The highest BCUT2D eigenvalue weighted by molar-refractivity contribution is 7.92. The first kappa shape index (κ1) is 24.4. The first-order valence-electron chi connectivity index (χ1n) is 10.1. The van der Waals surface area contributed by atoms with Crippen LogP contribution >= 0.6 is 0 Å². The van der Waals surface area contributed by atoms with Crippen LogP contribution in [0.1, 0.15) is 29.8 Å². The summed E-state index contributed by atoms with van der Waals surface area (Å²) in [6.45, 7) is 3.60. The summed E-state index contributed by atoms with van der Waals surface area (Å²) in [6.07, 6.45) is 0. The number of carbonyl (C=O) groups excluding carboxylic acids is 1. The van der Waals surface area contributed by atoms with Gasteiger partial charge in [0.2, 0.25) is 10.0 Å². The molecule has 3 aromatic rings. The van der Waals surface area contributed by atoms with E-state index in [1.54, 1.807) is 44.2 Å². The molecule has 1 amide bonds. The lowest BCUT2D eigenvalue weighted by Gasteiger charge is -2.11. The topological polar surface area (TPSA) is 121 Å². The highest BCUT2D eigenvalue weighted by Crippen LogP contribution is 2.17. The molecular weight excluding hydrogens is 462 g/mol. The van der Waals surface area contributed by atoms with E-state index in [1.165, 1.54) is 48.5 Å². The Hall–Kier alpha value is -3.21. The molecule has 0 saturated carbocycles. The van der Waals surface area contributed by atoms with E-state index in [-0.39, 0.29) is 28.3 Å². The smallest absolute Gasteiger partial charge is 0.261 e. The lowest BCUT2D eigenvalue weighted by Crippen LogP contribution is -2.30. The fraction of sp³-hybridized carbons (Fsp3) is 0.174. The Kier molecular flexibility index (Phi) is 7.52. The predicted octanol–water partition coefficient (Wildman–Crippen LogP) is 3.10. The maximum Gasteiger partial charge on any atom is 0.261 e. The molecule has 10 heteroatoms. The summed E-state index contributed by atoms with van der Waals surface area (Å²) in [6, 6.07) is 20.1. The van der Waals surface area contributed by atoms with Crippen LogP contribution < -0.4 is 14.8 Å². The number of nitrogens with one attached hydrogen (secondary N) is 3. The van der Waals surface area contributed by atoms with Crippen molar-refractivity contribution in [2.45, 2.75) is 36.2 Å². The number of amides is 1. The molecule has 3 N–H and O–H groups in total. The summed E-state index contributed by atoms with van der Waals surface area (Å²) in [4.78, 5) is 12.7. The summed E-state index contributed by atoms with van der Waals surface area (Å²) in [5.74, 6) is -0.374. The van der Waals surface area contributed by atoms with E-state index in [9.17, 15) is 21.6 Å². The third-order valence-corrected chi connectivity index (χ3v) is 7.56. The van der Waals surface area contributed by atoms with Gasteiger partial charge in [-0.25, -0.2) is 21.6 Å². The molecule has 0 aliphatic rings. The molecule has 0 saturated heterocycles. The number of benzene rings is 3. The number of sulfonamides is 2. The molecule has 0 fully saturated rings. The average molecular weight is 488 g/mol. The molecule has 174 valence electrons. The van der Waals surface area contributed by atoms with Gasteiger partial charge in [-0.15, -0.1) is 0 Å². The van der Waals surface area contributed by atoms with E-state index in [2.05, 4.69) is 14.8 Å². The van der Waals surface area contributed by atoms with E-state index in [0.29, 0.717) is 16.8 Å². The van der Waals surface area contributed by atoms with E-state index in [1.807, 2.05) is 0 Å². The van der Waals surface area contributed by atoms with Crippen LogP contribution in [0.2, 0.25) is 0 Å². The van der Waals surface area contributed by atoms with E-state index >= 15 is 0 Å². The van der Waals surface area contributed by atoms with Crippen molar-refractivity contribution in [1.82, 2.24) is 10.0 Å². The van der Waals surface area contributed by atoms with Gasteiger partial charge in [0.15, 0.2) is 0 Å². The molecule has 0 unspecified atom stereocenters. The number of anilines is 1. The van der Waals surface area contributed by atoms with Crippen LogP contribution in [0.25, 0.3) is 0 Å². The van der Waals surface area contributed by atoms with Crippen molar-refractivity contribution in [2.24, 2.45) is 0 Å². The SMILES string of the molecule is CC(C)NS(=O)(=O)c1cccc(CNC(=O)c2ccc(NS(=O)(=O)c3ccccc3)cc2)c1. The second-order valence-corrected chi connectivity index (χ2v) is 11.0. The molecule has 0 bridgehead atoms. The lowest BCUT2D eigenvalue weighted by molar-refractivity contribution is 0.0951. The van der Waals surface area contributed by atoms with Gasteiger partial charge < -0.3 is 5.32 Å². The van der Waals surface area contributed by atoms with Gasteiger partial charge in [0.05, 0.1) is 9.79 Å². The first-order chi connectivity index (χ1) is 15.6. The lowest BCUT2D eigenvalue weighted by atomic mass is 10.2. The summed E-state index contributed by atoms with van der Waals surface area (Å²) in [7, 11) is -7.35.